The second-order valence-electron chi connectivity index (χ2n) is 4.14. The van der Waals surface area contributed by atoms with Gasteiger partial charge in [0.2, 0.25) is 0 Å². The van der Waals surface area contributed by atoms with Crippen LogP contribution in [0, 0.1) is 5.82 Å². The fourth-order valence-electron chi connectivity index (χ4n) is 1.13. The summed E-state index contributed by atoms with van der Waals surface area (Å²) in [4.78, 5) is 17.6. The Morgan fingerprint density at radius 1 is 1.14 bits per heavy atom. The van der Waals surface area contributed by atoms with E-state index >= 15 is 0 Å². The molecule has 2 aromatic rings. The molecule has 0 amide bonds. The lowest BCUT2D eigenvalue weighted by Gasteiger charge is -2.02. The van der Waals surface area contributed by atoms with Crippen LogP contribution in [-0.2, 0) is 0 Å². The van der Waals surface area contributed by atoms with Gasteiger partial charge in [-0.3, -0.25) is 0 Å². The second kappa shape index (κ2) is 9.98. The molecule has 0 unspecified atom stereocenters. The summed E-state index contributed by atoms with van der Waals surface area (Å²) in [6.07, 6.45) is 3.84. The van der Waals surface area contributed by atoms with Crippen molar-refractivity contribution in [3.63, 3.8) is 0 Å². The fourth-order valence-corrected chi connectivity index (χ4v) is 1.13. The lowest BCUT2D eigenvalue weighted by Crippen LogP contribution is -2.07. The average Bonchev–Trinajstić information content (AvgIpc) is 2.55. The first-order valence-corrected chi connectivity index (χ1v) is 6.51. The number of benzene rings is 1. The molecule has 0 aliphatic heterocycles. The van der Waals surface area contributed by atoms with E-state index in [0.29, 0.717) is 0 Å². The van der Waals surface area contributed by atoms with E-state index in [4.69, 9.17) is 4.84 Å². The lowest BCUT2D eigenvalue weighted by atomic mass is 10.4. The number of oxime groups is 1. The zero-order valence-electron chi connectivity index (χ0n) is 12.7. The van der Waals surface area contributed by atoms with Gasteiger partial charge in [0.05, 0.1) is 12.5 Å². The van der Waals surface area contributed by atoms with Crippen LogP contribution in [0.2, 0.25) is 0 Å². The van der Waals surface area contributed by atoms with Crippen molar-refractivity contribution >= 4 is 18.4 Å². The van der Waals surface area contributed by atoms with Crippen molar-refractivity contribution in [2.24, 2.45) is 10.1 Å². The molecule has 0 atom stereocenters. The molecule has 2 rings (SSSR count). The Labute approximate surface area is 129 Å². The van der Waals surface area contributed by atoms with Gasteiger partial charge in [0.15, 0.2) is 11.6 Å². The van der Waals surface area contributed by atoms with E-state index in [1.54, 1.807) is 25.9 Å². The van der Waals surface area contributed by atoms with Crippen molar-refractivity contribution in [2.75, 3.05) is 14.1 Å². The molecular weight excluding hydrogens is 285 g/mol. The average molecular weight is 303 g/mol. The van der Waals surface area contributed by atoms with Crippen molar-refractivity contribution in [1.29, 1.82) is 0 Å². The number of aromatic nitrogens is 2. The van der Waals surface area contributed by atoms with Crippen molar-refractivity contribution in [1.82, 2.24) is 14.9 Å². The largest absolute Gasteiger partial charge is 0.369 e. The molecule has 0 spiro atoms. The summed E-state index contributed by atoms with van der Waals surface area (Å²) in [5, 5.41) is 3.47. The first-order valence-electron chi connectivity index (χ1n) is 6.51. The number of hydrogen-bond acceptors (Lipinski definition) is 5. The van der Waals surface area contributed by atoms with E-state index in [1.807, 2.05) is 36.4 Å². The topological polar surface area (TPSA) is 63.0 Å². The van der Waals surface area contributed by atoms with Crippen molar-refractivity contribution < 1.29 is 9.23 Å². The molecule has 0 saturated heterocycles. The molecule has 0 radical (unpaired) electrons. The minimum absolute atomic E-state index is 0.0505. The highest BCUT2D eigenvalue weighted by atomic mass is 19.1. The SMILES string of the molecule is C/C=N\Oc1ncc(F)c(N=CN(C)C)n1.c1ccccc1. The molecule has 0 saturated carbocycles. The summed E-state index contributed by atoms with van der Waals surface area (Å²) in [5.74, 6) is -0.712. The number of rotatable bonds is 4. The van der Waals surface area contributed by atoms with Gasteiger partial charge in [0, 0.05) is 20.3 Å². The smallest absolute Gasteiger partial charge is 0.347 e. The van der Waals surface area contributed by atoms with Gasteiger partial charge in [-0.25, -0.2) is 9.38 Å². The maximum Gasteiger partial charge on any atom is 0.347 e. The molecular formula is C15H18FN5O. The minimum Gasteiger partial charge on any atom is -0.369 e. The number of aliphatic imine (C=N–C) groups is 1. The van der Waals surface area contributed by atoms with Crippen LogP contribution in [0.5, 0.6) is 6.01 Å². The van der Waals surface area contributed by atoms with E-state index in [9.17, 15) is 4.39 Å². The molecule has 0 fully saturated rings. The predicted molar refractivity (Wildman–Crippen MR) is 85.1 cm³/mol. The highest BCUT2D eigenvalue weighted by molar-refractivity contribution is 5.59. The summed E-state index contributed by atoms with van der Waals surface area (Å²) >= 11 is 0. The van der Waals surface area contributed by atoms with Crippen molar-refractivity contribution in [3.05, 3.63) is 48.4 Å². The maximum absolute atomic E-state index is 13.2. The highest BCUT2D eigenvalue weighted by Crippen LogP contribution is 2.15. The summed E-state index contributed by atoms with van der Waals surface area (Å²) in [6.45, 7) is 1.68. The fraction of sp³-hybridized carbons (Fsp3) is 0.200. The standard InChI is InChI=1S/C9H12FN5O.C6H6/c1-4-13-16-9-11-5-7(10)8(14-9)12-6-15(2)3;1-2-4-6-5-3-1/h4-6H,1-3H3;1-6H/b12-6?,13-4-;. The molecule has 0 bridgehead atoms. The van der Waals surface area contributed by atoms with E-state index in [1.165, 1.54) is 12.6 Å². The van der Waals surface area contributed by atoms with Crippen molar-refractivity contribution in [3.8, 4) is 6.01 Å². The number of nitrogens with zero attached hydrogens (tertiary/aromatic N) is 5. The molecule has 1 heterocycles. The van der Waals surface area contributed by atoms with Crippen LogP contribution in [0.1, 0.15) is 6.92 Å². The molecule has 0 aliphatic carbocycles. The number of hydrogen-bond donors (Lipinski definition) is 0. The van der Waals surface area contributed by atoms with Gasteiger partial charge in [-0.05, 0) is 6.92 Å². The molecule has 0 N–H and O–H groups in total. The van der Waals surface area contributed by atoms with E-state index < -0.39 is 5.82 Å². The first kappa shape index (κ1) is 17.2. The zero-order chi connectivity index (χ0) is 16.2. The van der Waals surface area contributed by atoms with Gasteiger partial charge in [-0.15, -0.1) is 0 Å². The van der Waals surface area contributed by atoms with Crippen molar-refractivity contribution in [2.45, 2.75) is 6.92 Å². The Morgan fingerprint density at radius 2 is 1.73 bits per heavy atom. The van der Waals surface area contributed by atoms with Crippen LogP contribution in [0.4, 0.5) is 10.2 Å². The highest BCUT2D eigenvalue weighted by Gasteiger charge is 2.06. The summed E-state index contributed by atoms with van der Waals surface area (Å²) in [6, 6.07) is 11.9. The molecule has 6 nitrogen and oxygen atoms in total. The zero-order valence-corrected chi connectivity index (χ0v) is 12.7. The Kier molecular flexibility index (Phi) is 7.81. The van der Waals surface area contributed by atoms with Gasteiger partial charge in [0.25, 0.3) is 0 Å². The maximum atomic E-state index is 13.2. The summed E-state index contributed by atoms with van der Waals surface area (Å²) < 4.78 is 13.2. The monoisotopic (exact) mass is 303 g/mol. The Morgan fingerprint density at radius 3 is 2.23 bits per heavy atom. The van der Waals surface area contributed by atoms with Crippen LogP contribution in [0.15, 0.2) is 52.7 Å². The quantitative estimate of drug-likeness (QED) is 0.495. The Hall–Kier alpha value is -2.83. The van der Waals surface area contributed by atoms with Crippen LogP contribution in [0.3, 0.4) is 0 Å². The third kappa shape index (κ3) is 7.09. The van der Waals surface area contributed by atoms with E-state index in [2.05, 4.69) is 20.1 Å². The third-order valence-corrected chi connectivity index (χ3v) is 2.02. The molecule has 7 heteroatoms. The van der Waals surface area contributed by atoms with Gasteiger partial charge >= 0.3 is 6.01 Å². The van der Waals surface area contributed by atoms with E-state index in [0.717, 1.165) is 6.20 Å². The summed E-state index contributed by atoms with van der Waals surface area (Å²) in [7, 11) is 3.53. The minimum atomic E-state index is -0.620. The van der Waals surface area contributed by atoms with Gasteiger partial charge in [0.1, 0.15) is 0 Å². The molecule has 116 valence electrons. The lowest BCUT2D eigenvalue weighted by molar-refractivity contribution is 0.313. The molecule has 1 aromatic carbocycles. The first-order chi connectivity index (χ1) is 10.6. The molecule has 0 aliphatic rings. The Balaban J connectivity index is 0.000000335. The second-order valence-corrected chi connectivity index (χ2v) is 4.14. The van der Waals surface area contributed by atoms with Crippen LogP contribution in [0.25, 0.3) is 0 Å². The van der Waals surface area contributed by atoms with E-state index in [-0.39, 0.29) is 11.8 Å². The van der Waals surface area contributed by atoms with Crippen LogP contribution in [-0.4, -0.2) is 41.5 Å². The van der Waals surface area contributed by atoms with Gasteiger partial charge < -0.3 is 9.74 Å². The molecule has 22 heavy (non-hydrogen) atoms. The summed E-state index contributed by atoms with van der Waals surface area (Å²) in [5.41, 5.74) is 0. The van der Waals surface area contributed by atoms with Gasteiger partial charge in [-0.2, -0.15) is 9.97 Å². The van der Waals surface area contributed by atoms with Crippen LogP contribution >= 0.6 is 0 Å². The predicted octanol–water partition coefficient (Wildman–Crippen LogP) is 2.91. The Bertz CT molecular complexity index is 575. The third-order valence-electron chi connectivity index (χ3n) is 2.02. The molecule has 1 aromatic heterocycles. The van der Waals surface area contributed by atoms with Crippen LogP contribution < -0.4 is 4.84 Å². The normalized spacial score (nSPS) is 10.4. The number of halogens is 1. The van der Waals surface area contributed by atoms with Gasteiger partial charge in [-0.1, -0.05) is 41.6 Å².